The van der Waals surface area contributed by atoms with Gasteiger partial charge in [-0.25, -0.2) is 4.98 Å². The smallest absolute Gasteiger partial charge is 0.138 e. The summed E-state index contributed by atoms with van der Waals surface area (Å²) in [7, 11) is 0. The summed E-state index contributed by atoms with van der Waals surface area (Å²) in [5, 5.41) is 24.3. The second-order valence-electron chi connectivity index (χ2n) is 4.53. The minimum Gasteiger partial charge on any atom is -0.390 e. The first-order valence-electron chi connectivity index (χ1n) is 6.50. The van der Waals surface area contributed by atoms with E-state index >= 15 is 0 Å². The summed E-state index contributed by atoms with van der Waals surface area (Å²) >= 11 is 0. The van der Waals surface area contributed by atoms with Crippen molar-refractivity contribution in [3.63, 3.8) is 0 Å². The van der Waals surface area contributed by atoms with Gasteiger partial charge in [0.2, 0.25) is 0 Å². The van der Waals surface area contributed by atoms with Gasteiger partial charge in [-0.05, 0) is 12.0 Å². The second-order valence-corrected chi connectivity index (χ2v) is 4.53. The Hall–Kier alpha value is -1.72. The zero-order valence-corrected chi connectivity index (χ0v) is 11.0. The number of aliphatic hydroxyl groups is 2. The van der Waals surface area contributed by atoms with Gasteiger partial charge in [-0.2, -0.15) is 5.10 Å². The van der Waals surface area contributed by atoms with Gasteiger partial charge in [0.1, 0.15) is 18.3 Å². The fourth-order valence-corrected chi connectivity index (χ4v) is 2.02. The first-order chi connectivity index (χ1) is 9.22. The third kappa shape index (κ3) is 3.39. The predicted molar refractivity (Wildman–Crippen MR) is 71.4 cm³/mol. The summed E-state index contributed by atoms with van der Waals surface area (Å²) in [6, 6.07) is 9.14. The first-order valence-corrected chi connectivity index (χ1v) is 6.50. The normalized spacial score (nSPS) is 14.3. The number of rotatable bonds is 6. The molecule has 0 saturated heterocycles. The van der Waals surface area contributed by atoms with E-state index in [-0.39, 0.29) is 6.42 Å². The molecule has 0 bridgehead atoms. The van der Waals surface area contributed by atoms with Gasteiger partial charge in [0, 0.05) is 13.0 Å². The molecule has 19 heavy (non-hydrogen) atoms. The highest BCUT2D eigenvalue weighted by Gasteiger charge is 2.20. The number of nitrogens with zero attached hydrogens (tertiary/aromatic N) is 3. The minimum atomic E-state index is -0.909. The zero-order valence-electron chi connectivity index (χ0n) is 11.0. The molecule has 0 amide bonds. The van der Waals surface area contributed by atoms with E-state index in [1.165, 1.54) is 6.33 Å². The SMILES string of the molecule is CCCn1ncnc1CC(O)C(O)c1ccccc1. The summed E-state index contributed by atoms with van der Waals surface area (Å²) in [4.78, 5) is 4.13. The van der Waals surface area contributed by atoms with Crippen LogP contribution in [0.15, 0.2) is 36.7 Å². The second kappa shape index (κ2) is 6.45. The minimum absolute atomic E-state index is 0.288. The van der Waals surface area contributed by atoms with Gasteiger partial charge in [-0.15, -0.1) is 0 Å². The highest BCUT2D eigenvalue weighted by Crippen LogP contribution is 2.18. The highest BCUT2D eigenvalue weighted by molar-refractivity contribution is 5.18. The van der Waals surface area contributed by atoms with Crippen molar-refractivity contribution in [3.8, 4) is 0 Å². The van der Waals surface area contributed by atoms with Crippen LogP contribution in [0.5, 0.6) is 0 Å². The van der Waals surface area contributed by atoms with Crippen molar-refractivity contribution in [1.29, 1.82) is 0 Å². The summed E-state index contributed by atoms with van der Waals surface area (Å²) in [6.45, 7) is 2.82. The Balaban J connectivity index is 2.04. The van der Waals surface area contributed by atoms with Crippen molar-refractivity contribution in [2.24, 2.45) is 0 Å². The molecule has 102 valence electrons. The number of benzene rings is 1. The molecule has 1 aromatic heterocycles. The molecule has 0 aliphatic rings. The van der Waals surface area contributed by atoms with Crippen molar-refractivity contribution < 1.29 is 10.2 Å². The Bertz CT molecular complexity index is 498. The lowest BCUT2D eigenvalue weighted by molar-refractivity contribution is 0.0172. The van der Waals surface area contributed by atoms with Crippen molar-refractivity contribution in [3.05, 3.63) is 48.0 Å². The molecule has 0 radical (unpaired) electrons. The van der Waals surface area contributed by atoms with Crippen LogP contribution >= 0.6 is 0 Å². The lowest BCUT2D eigenvalue weighted by atomic mass is 10.0. The van der Waals surface area contributed by atoms with Crippen molar-refractivity contribution in [1.82, 2.24) is 14.8 Å². The van der Waals surface area contributed by atoms with Crippen molar-refractivity contribution >= 4 is 0 Å². The zero-order chi connectivity index (χ0) is 13.7. The average molecular weight is 261 g/mol. The van der Waals surface area contributed by atoms with Gasteiger partial charge in [-0.1, -0.05) is 37.3 Å². The molecule has 0 aliphatic carbocycles. The maximum absolute atomic E-state index is 10.1. The fourth-order valence-electron chi connectivity index (χ4n) is 2.02. The van der Waals surface area contributed by atoms with Gasteiger partial charge in [0.05, 0.1) is 6.10 Å². The van der Waals surface area contributed by atoms with E-state index in [1.54, 1.807) is 16.8 Å². The largest absolute Gasteiger partial charge is 0.390 e. The number of hydrogen-bond donors (Lipinski definition) is 2. The van der Waals surface area contributed by atoms with Crippen LogP contribution < -0.4 is 0 Å². The van der Waals surface area contributed by atoms with E-state index < -0.39 is 12.2 Å². The Morgan fingerprint density at radius 3 is 2.63 bits per heavy atom. The number of aryl methyl sites for hydroxylation is 1. The standard InChI is InChI=1S/C14H19N3O2/c1-2-8-17-13(15-10-16-17)9-12(18)14(19)11-6-4-3-5-7-11/h3-7,10,12,14,18-19H,2,8-9H2,1H3. The summed E-state index contributed by atoms with van der Waals surface area (Å²) in [5.74, 6) is 0.698. The van der Waals surface area contributed by atoms with E-state index in [1.807, 2.05) is 18.2 Å². The van der Waals surface area contributed by atoms with Crippen LogP contribution in [0.3, 0.4) is 0 Å². The number of aromatic nitrogens is 3. The first kappa shape index (κ1) is 13.7. The average Bonchev–Trinajstić information content (AvgIpc) is 2.86. The van der Waals surface area contributed by atoms with E-state index in [2.05, 4.69) is 17.0 Å². The molecular formula is C14H19N3O2. The number of hydrogen-bond acceptors (Lipinski definition) is 4. The van der Waals surface area contributed by atoms with E-state index in [9.17, 15) is 10.2 Å². The van der Waals surface area contributed by atoms with Crippen LogP contribution in [-0.4, -0.2) is 31.1 Å². The molecule has 1 aromatic carbocycles. The maximum Gasteiger partial charge on any atom is 0.138 e. The lowest BCUT2D eigenvalue weighted by Gasteiger charge is -2.18. The molecule has 0 fully saturated rings. The Morgan fingerprint density at radius 1 is 1.21 bits per heavy atom. The van der Waals surface area contributed by atoms with Gasteiger partial charge in [0.25, 0.3) is 0 Å². The highest BCUT2D eigenvalue weighted by atomic mass is 16.3. The van der Waals surface area contributed by atoms with Crippen LogP contribution in [0, 0.1) is 0 Å². The van der Waals surface area contributed by atoms with Crippen LogP contribution in [0.2, 0.25) is 0 Å². The molecule has 2 unspecified atom stereocenters. The third-order valence-electron chi connectivity index (χ3n) is 3.03. The lowest BCUT2D eigenvalue weighted by Crippen LogP contribution is -2.23. The molecule has 0 aliphatic heterocycles. The molecule has 2 N–H and O–H groups in total. The monoisotopic (exact) mass is 261 g/mol. The van der Waals surface area contributed by atoms with Gasteiger partial charge in [0.15, 0.2) is 0 Å². The topological polar surface area (TPSA) is 71.2 Å². The molecule has 2 atom stereocenters. The van der Waals surface area contributed by atoms with Crippen LogP contribution in [0.25, 0.3) is 0 Å². The molecule has 2 rings (SSSR count). The van der Waals surface area contributed by atoms with Crippen molar-refractivity contribution in [2.45, 2.75) is 38.5 Å². The Labute approximate surface area is 112 Å². The molecule has 1 heterocycles. The van der Waals surface area contributed by atoms with E-state index in [0.717, 1.165) is 13.0 Å². The number of aliphatic hydroxyl groups excluding tert-OH is 2. The molecule has 5 heteroatoms. The summed E-state index contributed by atoms with van der Waals surface area (Å²) < 4.78 is 1.76. The Kier molecular flexibility index (Phi) is 4.65. The molecule has 0 spiro atoms. The molecule has 2 aromatic rings. The van der Waals surface area contributed by atoms with Crippen LogP contribution in [0.1, 0.15) is 30.8 Å². The fraction of sp³-hybridized carbons (Fsp3) is 0.429. The molecule has 5 nitrogen and oxygen atoms in total. The van der Waals surface area contributed by atoms with Crippen LogP contribution in [0.4, 0.5) is 0 Å². The van der Waals surface area contributed by atoms with E-state index in [0.29, 0.717) is 11.4 Å². The summed E-state index contributed by atoms with van der Waals surface area (Å²) in [5.41, 5.74) is 0.705. The molecule has 0 saturated carbocycles. The third-order valence-corrected chi connectivity index (χ3v) is 3.03. The van der Waals surface area contributed by atoms with E-state index in [4.69, 9.17) is 0 Å². The predicted octanol–water partition coefficient (Wildman–Crippen LogP) is 1.33. The summed E-state index contributed by atoms with van der Waals surface area (Å²) in [6.07, 6.45) is 0.922. The van der Waals surface area contributed by atoms with Gasteiger partial charge < -0.3 is 10.2 Å². The Morgan fingerprint density at radius 2 is 1.95 bits per heavy atom. The molecular weight excluding hydrogens is 242 g/mol. The van der Waals surface area contributed by atoms with Crippen LogP contribution in [-0.2, 0) is 13.0 Å². The van der Waals surface area contributed by atoms with Gasteiger partial charge >= 0.3 is 0 Å². The van der Waals surface area contributed by atoms with Crippen molar-refractivity contribution in [2.75, 3.05) is 0 Å². The quantitative estimate of drug-likeness (QED) is 0.823. The maximum atomic E-state index is 10.1. The van der Waals surface area contributed by atoms with Gasteiger partial charge in [-0.3, -0.25) is 4.68 Å².